The minimum atomic E-state index is 0.566. The molecule has 0 aliphatic rings. The van der Waals surface area contributed by atoms with Crippen LogP contribution in [0.2, 0.25) is 10.0 Å². The summed E-state index contributed by atoms with van der Waals surface area (Å²) >= 11 is 12.4. The van der Waals surface area contributed by atoms with Gasteiger partial charge in [-0.2, -0.15) is 4.68 Å². The van der Waals surface area contributed by atoms with Crippen LogP contribution < -0.4 is 5.32 Å². The lowest BCUT2D eigenvalue weighted by Crippen LogP contribution is -2.21. The van der Waals surface area contributed by atoms with Crippen molar-refractivity contribution in [3.63, 3.8) is 0 Å². The number of benzene rings is 1. The third-order valence-corrected chi connectivity index (χ3v) is 3.54. The molecule has 0 aliphatic heterocycles. The van der Waals surface area contributed by atoms with E-state index in [4.69, 9.17) is 23.2 Å². The Hall–Kier alpha value is -1.17. The van der Waals surface area contributed by atoms with E-state index in [2.05, 4.69) is 34.7 Å². The first-order valence-electron chi connectivity index (χ1n) is 6.43. The average molecular weight is 314 g/mol. The second kappa shape index (κ2) is 6.52. The molecule has 0 saturated heterocycles. The maximum absolute atomic E-state index is 6.25. The van der Waals surface area contributed by atoms with Crippen LogP contribution in [0.4, 0.5) is 0 Å². The fraction of sp³-hybridized carbons (Fsp3) is 0.462. The largest absolute Gasteiger partial charge is 0.310 e. The van der Waals surface area contributed by atoms with E-state index in [9.17, 15) is 0 Å². The Morgan fingerprint density at radius 3 is 2.70 bits per heavy atom. The molecule has 108 valence electrons. The molecular formula is C13H17Cl2N5. The standard InChI is InChI=1S/C13H17Cl2N5/c1-8(2)6-16-7-13-17-18-19-20(13)12-5-10(14)9(3)4-11(12)15/h4-5,8,16H,6-7H2,1-3H3. The topological polar surface area (TPSA) is 55.6 Å². The van der Waals surface area contributed by atoms with Gasteiger partial charge in [0.25, 0.3) is 0 Å². The molecular weight excluding hydrogens is 297 g/mol. The maximum Gasteiger partial charge on any atom is 0.170 e. The Morgan fingerprint density at radius 2 is 2.00 bits per heavy atom. The highest BCUT2D eigenvalue weighted by atomic mass is 35.5. The maximum atomic E-state index is 6.25. The third kappa shape index (κ3) is 3.48. The van der Waals surface area contributed by atoms with Gasteiger partial charge in [0, 0.05) is 5.02 Å². The molecule has 0 bridgehead atoms. The lowest BCUT2D eigenvalue weighted by molar-refractivity contribution is 0.538. The van der Waals surface area contributed by atoms with Gasteiger partial charge in [-0.05, 0) is 47.5 Å². The van der Waals surface area contributed by atoms with Gasteiger partial charge in [0.1, 0.15) is 0 Å². The molecule has 1 N–H and O–H groups in total. The zero-order chi connectivity index (χ0) is 14.7. The van der Waals surface area contributed by atoms with Gasteiger partial charge in [-0.3, -0.25) is 0 Å². The molecule has 0 saturated carbocycles. The first kappa shape index (κ1) is 15.2. The van der Waals surface area contributed by atoms with Gasteiger partial charge in [-0.15, -0.1) is 5.10 Å². The average Bonchev–Trinajstić information content (AvgIpc) is 2.81. The number of tetrazole rings is 1. The van der Waals surface area contributed by atoms with E-state index in [-0.39, 0.29) is 0 Å². The molecule has 0 atom stereocenters. The fourth-order valence-corrected chi connectivity index (χ4v) is 2.23. The van der Waals surface area contributed by atoms with Crippen molar-refractivity contribution in [3.8, 4) is 5.69 Å². The molecule has 0 amide bonds. The first-order valence-corrected chi connectivity index (χ1v) is 7.18. The van der Waals surface area contributed by atoms with Crippen molar-refractivity contribution in [1.82, 2.24) is 25.5 Å². The number of nitrogens with one attached hydrogen (secondary N) is 1. The van der Waals surface area contributed by atoms with Crippen molar-refractivity contribution in [2.24, 2.45) is 5.92 Å². The summed E-state index contributed by atoms with van der Waals surface area (Å²) < 4.78 is 1.61. The molecule has 0 spiro atoms. The molecule has 0 radical (unpaired) electrons. The summed E-state index contributed by atoms with van der Waals surface area (Å²) in [5.74, 6) is 1.27. The number of hydrogen-bond donors (Lipinski definition) is 1. The molecule has 20 heavy (non-hydrogen) atoms. The zero-order valence-electron chi connectivity index (χ0n) is 11.7. The smallest absolute Gasteiger partial charge is 0.170 e. The van der Waals surface area contributed by atoms with Crippen molar-refractivity contribution >= 4 is 23.2 Å². The van der Waals surface area contributed by atoms with Crippen molar-refractivity contribution in [1.29, 1.82) is 0 Å². The van der Waals surface area contributed by atoms with Gasteiger partial charge in [0.15, 0.2) is 5.82 Å². The SMILES string of the molecule is Cc1cc(Cl)c(-n2nnnc2CNCC(C)C)cc1Cl. The number of rotatable bonds is 5. The van der Waals surface area contributed by atoms with E-state index in [1.165, 1.54) is 0 Å². The number of nitrogens with zero attached hydrogens (tertiary/aromatic N) is 4. The van der Waals surface area contributed by atoms with Crippen LogP contribution in [0.1, 0.15) is 25.2 Å². The van der Waals surface area contributed by atoms with Crippen molar-refractivity contribution in [3.05, 3.63) is 33.6 Å². The molecule has 5 nitrogen and oxygen atoms in total. The lowest BCUT2D eigenvalue weighted by Gasteiger charge is -2.10. The monoisotopic (exact) mass is 313 g/mol. The Balaban J connectivity index is 2.25. The zero-order valence-corrected chi connectivity index (χ0v) is 13.2. The number of aromatic nitrogens is 4. The van der Waals surface area contributed by atoms with Gasteiger partial charge >= 0.3 is 0 Å². The Kier molecular flexibility index (Phi) is 4.96. The van der Waals surface area contributed by atoms with Gasteiger partial charge in [-0.25, -0.2) is 0 Å². The number of hydrogen-bond acceptors (Lipinski definition) is 4. The summed E-state index contributed by atoms with van der Waals surface area (Å²) in [5.41, 5.74) is 1.61. The minimum Gasteiger partial charge on any atom is -0.310 e. The van der Waals surface area contributed by atoms with Crippen LogP contribution in [0.5, 0.6) is 0 Å². The molecule has 7 heteroatoms. The van der Waals surface area contributed by atoms with Crippen LogP contribution in [0.15, 0.2) is 12.1 Å². The van der Waals surface area contributed by atoms with Crippen LogP contribution in [0, 0.1) is 12.8 Å². The Morgan fingerprint density at radius 1 is 1.25 bits per heavy atom. The van der Waals surface area contributed by atoms with Crippen LogP contribution in [0.3, 0.4) is 0 Å². The molecule has 1 aromatic carbocycles. The summed E-state index contributed by atoms with van der Waals surface area (Å²) in [6.07, 6.45) is 0. The van der Waals surface area contributed by atoms with E-state index in [0.29, 0.717) is 34.0 Å². The molecule has 0 unspecified atom stereocenters. The summed E-state index contributed by atoms with van der Waals surface area (Å²) in [5, 5.41) is 16.2. The highest BCUT2D eigenvalue weighted by Crippen LogP contribution is 2.27. The molecule has 1 aromatic heterocycles. The molecule has 0 fully saturated rings. The summed E-state index contributed by atoms with van der Waals surface area (Å²) in [4.78, 5) is 0. The van der Waals surface area contributed by atoms with Gasteiger partial charge in [0.2, 0.25) is 0 Å². The van der Waals surface area contributed by atoms with Crippen LogP contribution in [-0.2, 0) is 6.54 Å². The number of halogens is 2. The lowest BCUT2D eigenvalue weighted by atomic mass is 10.2. The van der Waals surface area contributed by atoms with Crippen LogP contribution >= 0.6 is 23.2 Å². The molecule has 2 rings (SSSR count). The Bertz CT molecular complexity index is 594. The normalized spacial score (nSPS) is 11.3. The highest BCUT2D eigenvalue weighted by molar-refractivity contribution is 6.35. The minimum absolute atomic E-state index is 0.566. The predicted molar refractivity (Wildman–Crippen MR) is 80.5 cm³/mol. The van der Waals surface area contributed by atoms with E-state index < -0.39 is 0 Å². The van der Waals surface area contributed by atoms with Crippen molar-refractivity contribution in [2.75, 3.05) is 6.54 Å². The van der Waals surface area contributed by atoms with Crippen molar-refractivity contribution < 1.29 is 0 Å². The van der Waals surface area contributed by atoms with E-state index in [0.717, 1.165) is 12.1 Å². The fourth-order valence-electron chi connectivity index (χ4n) is 1.77. The second-order valence-electron chi connectivity index (χ2n) is 5.08. The Labute approximate surface area is 128 Å². The quantitative estimate of drug-likeness (QED) is 0.922. The molecule has 0 aliphatic carbocycles. The summed E-state index contributed by atoms with van der Waals surface area (Å²) in [6.45, 7) is 7.67. The molecule has 2 aromatic rings. The predicted octanol–water partition coefficient (Wildman–Crippen LogP) is 3.02. The van der Waals surface area contributed by atoms with E-state index >= 15 is 0 Å². The molecule has 1 heterocycles. The van der Waals surface area contributed by atoms with Crippen LogP contribution in [-0.4, -0.2) is 26.8 Å². The van der Waals surface area contributed by atoms with Gasteiger partial charge in [0.05, 0.1) is 17.3 Å². The van der Waals surface area contributed by atoms with Crippen molar-refractivity contribution in [2.45, 2.75) is 27.3 Å². The van der Waals surface area contributed by atoms with Gasteiger partial charge in [-0.1, -0.05) is 37.0 Å². The second-order valence-corrected chi connectivity index (χ2v) is 5.90. The van der Waals surface area contributed by atoms with Crippen LogP contribution in [0.25, 0.3) is 5.69 Å². The first-order chi connectivity index (χ1) is 9.49. The number of aryl methyl sites for hydroxylation is 1. The van der Waals surface area contributed by atoms with E-state index in [1.54, 1.807) is 10.7 Å². The highest BCUT2D eigenvalue weighted by Gasteiger charge is 2.13. The summed E-state index contributed by atoms with van der Waals surface area (Å²) in [6, 6.07) is 3.59. The summed E-state index contributed by atoms with van der Waals surface area (Å²) in [7, 11) is 0. The van der Waals surface area contributed by atoms with Gasteiger partial charge < -0.3 is 5.32 Å². The van der Waals surface area contributed by atoms with E-state index in [1.807, 2.05) is 13.0 Å². The third-order valence-electron chi connectivity index (χ3n) is 2.83.